The number of ether oxygens (including phenoxy) is 1. The predicted molar refractivity (Wildman–Crippen MR) is 86.9 cm³/mol. The predicted octanol–water partition coefficient (Wildman–Crippen LogP) is 2.70. The Morgan fingerprint density at radius 1 is 1.21 bits per heavy atom. The van der Waals surface area contributed by atoms with Crippen LogP contribution in [0.3, 0.4) is 0 Å². The molecule has 5 rings (SSSR count). The second kappa shape index (κ2) is 3.78. The zero-order valence-corrected chi connectivity index (χ0v) is 14.5. The van der Waals surface area contributed by atoms with Gasteiger partial charge in [-0.1, -0.05) is 13.8 Å². The van der Waals surface area contributed by atoms with Gasteiger partial charge < -0.3 is 9.84 Å². The van der Waals surface area contributed by atoms with Gasteiger partial charge in [-0.15, -0.1) is 0 Å². The van der Waals surface area contributed by atoms with Crippen molar-refractivity contribution in [3.63, 3.8) is 0 Å². The largest absolute Gasteiger partial charge is 0.359 e. The monoisotopic (exact) mass is 328 g/mol. The Morgan fingerprint density at radius 2 is 1.96 bits per heavy atom. The Kier molecular flexibility index (Phi) is 2.37. The third-order valence-electron chi connectivity index (χ3n) is 8.28. The van der Waals surface area contributed by atoms with Crippen molar-refractivity contribution in [2.24, 2.45) is 22.2 Å². The summed E-state index contributed by atoms with van der Waals surface area (Å²) in [6.07, 6.45) is 8.52. The van der Waals surface area contributed by atoms with Gasteiger partial charge in [-0.3, -0.25) is 9.59 Å². The molecule has 3 saturated carbocycles. The van der Waals surface area contributed by atoms with Crippen LogP contribution < -0.4 is 0 Å². The van der Waals surface area contributed by atoms with E-state index in [0.29, 0.717) is 17.9 Å². The fraction of sp³-hybridized carbons (Fsp3) is 0.700. The highest BCUT2D eigenvalue weighted by atomic mass is 16.6. The van der Waals surface area contributed by atoms with Crippen LogP contribution in [0, 0.1) is 22.2 Å². The molecule has 4 aliphatic carbocycles. The molecule has 0 bridgehead atoms. The summed E-state index contributed by atoms with van der Waals surface area (Å²) in [7, 11) is 0. The first-order chi connectivity index (χ1) is 11.2. The van der Waals surface area contributed by atoms with Crippen molar-refractivity contribution in [2.75, 3.05) is 0 Å². The SMILES string of the molecule is CC1(C)[C@@H]2CC[C@@]3(C)O[C@@]4(O)C=CC(=O)C=C4C14C(=O)CCCC243. The normalized spacial score (nSPS) is 53.7. The van der Waals surface area contributed by atoms with Crippen molar-refractivity contribution in [3.8, 4) is 0 Å². The van der Waals surface area contributed by atoms with Gasteiger partial charge >= 0.3 is 0 Å². The summed E-state index contributed by atoms with van der Waals surface area (Å²) < 4.78 is 6.33. The Hall–Kier alpha value is -1.26. The molecule has 1 heterocycles. The van der Waals surface area contributed by atoms with E-state index in [4.69, 9.17) is 4.74 Å². The molecule has 1 saturated heterocycles. The molecule has 1 spiro atoms. The van der Waals surface area contributed by atoms with E-state index in [0.717, 1.165) is 25.7 Å². The summed E-state index contributed by atoms with van der Waals surface area (Å²) in [5, 5.41) is 11.3. The van der Waals surface area contributed by atoms with E-state index in [1.165, 1.54) is 18.2 Å². The molecule has 2 unspecified atom stereocenters. The molecular formula is C20H24O4. The lowest BCUT2D eigenvalue weighted by molar-refractivity contribution is -0.372. The van der Waals surface area contributed by atoms with Gasteiger partial charge in [0.25, 0.3) is 0 Å². The summed E-state index contributed by atoms with van der Waals surface area (Å²) in [6.45, 7) is 6.38. The number of aliphatic hydroxyl groups is 1. The number of carbonyl (C=O) groups is 2. The van der Waals surface area contributed by atoms with Gasteiger partial charge in [0, 0.05) is 17.4 Å². The second-order valence-electron chi connectivity index (χ2n) is 9.13. The molecule has 128 valence electrons. The number of allylic oxidation sites excluding steroid dienone is 2. The van der Waals surface area contributed by atoms with Crippen LogP contribution in [-0.2, 0) is 14.3 Å². The van der Waals surface area contributed by atoms with Gasteiger partial charge in [-0.2, -0.15) is 0 Å². The summed E-state index contributed by atoms with van der Waals surface area (Å²) >= 11 is 0. The maximum Gasteiger partial charge on any atom is 0.210 e. The molecule has 5 atom stereocenters. The molecule has 24 heavy (non-hydrogen) atoms. The van der Waals surface area contributed by atoms with Crippen LogP contribution in [0.25, 0.3) is 0 Å². The average molecular weight is 328 g/mol. The minimum Gasteiger partial charge on any atom is -0.359 e. The zero-order chi connectivity index (χ0) is 17.2. The Bertz CT molecular complexity index is 762. The fourth-order valence-corrected chi connectivity index (χ4v) is 7.87. The maximum atomic E-state index is 13.4. The van der Waals surface area contributed by atoms with E-state index in [9.17, 15) is 14.7 Å². The molecule has 4 fully saturated rings. The lowest BCUT2D eigenvalue weighted by atomic mass is 9.24. The van der Waals surface area contributed by atoms with Crippen molar-refractivity contribution in [3.05, 3.63) is 23.8 Å². The van der Waals surface area contributed by atoms with Gasteiger partial charge in [0.2, 0.25) is 5.79 Å². The number of hydrogen-bond acceptors (Lipinski definition) is 4. The number of carbonyl (C=O) groups excluding carboxylic acids is 2. The highest BCUT2D eigenvalue weighted by Gasteiger charge is 2.90. The second-order valence-corrected chi connectivity index (χ2v) is 9.13. The van der Waals surface area contributed by atoms with Crippen molar-refractivity contribution in [2.45, 2.75) is 64.3 Å². The summed E-state index contributed by atoms with van der Waals surface area (Å²) in [5.74, 6) is -1.21. The number of rotatable bonds is 0. The van der Waals surface area contributed by atoms with Crippen LogP contribution in [-0.4, -0.2) is 28.1 Å². The van der Waals surface area contributed by atoms with Crippen molar-refractivity contribution in [1.82, 2.24) is 0 Å². The third kappa shape index (κ3) is 1.13. The summed E-state index contributed by atoms with van der Waals surface area (Å²) in [5.41, 5.74) is -1.34. The topological polar surface area (TPSA) is 63.6 Å². The number of Topliss-reactive ketones (excluding diaryl/α,β-unsaturated/α-hetero) is 1. The van der Waals surface area contributed by atoms with E-state index >= 15 is 0 Å². The molecule has 0 radical (unpaired) electrons. The van der Waals surface area contributed by atoms with Gasteiger partial charge in [-0.05, 0) is 62.2 Å². The molecule has 1 aliphatic heterocycles. The van der Waals surface area contributed by atoms with Crippen LogP contribution >= 0.6 is 0 Å². The molecule has 0 aromatic rings. The van der Waals surface area contributed by atoms with E-state index in [1.54, 1.807) is 0 Å². The van der Waals surface area contributed by atoms with E-state index in [2.05, 4.69) is 20.8 Å². The Morgan fingerprint density at radius 3 is 2.71 bits per heavy atom. The molecule has 4 heteroatoms. The first-order valence-electron chi connectivity index (χ1n) is 9.07. The third-order valence-corrected chi connectivity index (χ3v) is 8.28. The molecular weight excluding hydrogens is 304 g/mol. The minimum atomic E-state index is -1.63. The fourth-order valence-electron chi connectivity index (χ4n) is 7.87. The van der Waals surface area contributed by atoms with Crippen LogP contribution in [0.2, 0.25) is 0 Å². The standard InChI is InChI=1S/C20H24O4/c1-16(2)13-7-9-17(3)18(13)8-4-5-15(22)20(16,18)14-11-12(21)6-10-19(14,23)24-17/h6,10-11,13,23H,4-5,7-9H2,1-3H3/t13-,17+,18?,19-,20?/m0/s1. The van der Waals surface area contributed by atoms with Crippen molar-refractivity contribution in [1.29, 1.82) is 0 Å². The molecule has 0 aromatic heterocycles. The smallest absolute Gasteiger partial charge is 0.210 e. The van der Waals surface area contributed by atoms with E-state index < -0.39 is 16.8 Å². The minimum absolute atomic E-state index is 0.165. The van der Waals surface area contributed by atoms with Crippen molar-refractivity contribution >= 4 is 11.6 Å². The number of hydrogen-bond donors (Lipinski definition) is 1. The van der Waals surface area contributed by atoms with Crippen LogP contribution in [0.15, 0.2) is 23.8 Å². The van der Waals surface area contributed by atoms with Gasteiger partial charge in [-0.25, -0.2) is 0 Å². The first-order valence-corrected chi connectivity index (χ1v) is 9.07. The summed E-state index contributed by atoms with van der Waals surface area (Å²) in [6, 6.07) is 0. The zero-order valence-electron chi connectivity index (χ0n) is 14.5. The van der Waals surface area contributed by atoms with Crippen molar-refractivity contribution < 1.29 is 19.4 Å². The number of fused-ring (bicyclic) bond motifs is 1. The molecule has 4 nitrogen and oxygen atoms in total. The first kappa shape index (κ1) is 15.0. The highest BCUT2D eigenvalue weighted by Crippen LogP contribution is 2.88. The molecule has 0 aromatic carbocycles. The lowest BCUT2D eigenvalue weighted by Crippen LogP contribution is -2.83. The Balaban J connectivity index is 1.89. The van der Waals surface area contributed by atoms with Gasteiger partial charge in [0.05, 0.1) is 11.0 Å². The van der Waals surface area contributed by atoms with Crippen LogP contribution in [0.4, 0.5) is 0 Å². The summed E-state index contributed by atoms with van der Waals surface area (Å²) in [4.78, 5) is 25.6. The Labute approximate surface area is 141 Å². The van der Waals surface area contributed by atoms with Gasteiger partial charge in [0.15, 0.2) is 5.78 Å². The lowest BCUT2D eigenvalue weighted by Gasteiger charge is -2.80. The number of ketones is 2. The molecule has 1 N–H and O–H groups in total. The van der Waals surface area contributed by atoms with Crippen LogP contribution in [0.1, 0.15) is 52.9 Å². The molecule has 5 aliphatic rings. The molecule has 0 amide bonds. The highest BCUT2D eigenvalue weighted by molar-refractivity contribution is 6.04. The van der Waals surface area contributed by atoms with E-state index in [-0.39, 0.29) is 22.4 Å². The average Bonchev–Trinajstić information content (AvgIpc) is 2.76. The van der Waals surface area contributed by atoms with Crippen LogP contribution in [0.5, 0.6) is 0 Å². The quantitative estimate of drug-likeness (QED) is 0.742. The van der Waals surface area contributed by atoms with E-state index in [1.807, 2.05) is 0 Å². The van der Waals surface area contributed by atoms with Gasteiger partial charge in [0.1, 0.15) is 5.78 Å². The maximum absolute atomic E-state index is 13.4.